The molecule has 2 fully saturated rings. The van der Waals surface area contributed by atoms with E-state index in [4.69, 9.17) is 4.74 Å². The Labute approximate surface area is 150 Å². The molecule has 0 unspecified atom stereocenters. The van der Waals surface area contributed by atoms with Crippen LogP contribution in [-0.2, 0) is 9.59 Å². The van der Waals surface area contributed by atoms with Crippen molar-refractivity contribution >= 4 is 23.2 Å². The topological polar surface area (TPSA) is 89.8 Å². The molecule has 4 atom stereocenters. The van der Waals surface area contributed by atoms with Crippen LogP contribution in [0.15, 0.2) is 41.5 Å². The Morgan fingerprint density at radius 2 is 1.69 bits per heavy atom. The number of rotatable bonds is 3. The number of imide groups is 1. The summed E-state index contributed by atoms with van der Waals surface area (Å²) < 4.78 is 5.22. The first-order valence-electron chi connectivity index (χ1n) is 8.42. The number of nitro groups is 1. The smallest absolute Gasteiger partial charge is 0.273 e. The minimum Gasteiger partial charge on any atom is -0.494 e. The van der Waals surface area contributed by atoms with Crippen molar-refractivity contribution < 1.29 is 19.2 Å². The Morgan fingerprint density at radius 1 is 1.12 bits per heavy atom. The van der Waals surface area contributed by atoms with E-state index in [1.807, 2.05) is 26.0 Å². The number of hydrogen-bond acceptors (Lipinski definition) is 5. The van der Waals surface area contributed by atoms with Crippen molar-refractivity contribution in [2.45, 2.75) is 13.8 Å². The summed E-state index contributed by atoms with van der Waals surface area (Å²) in [7, 11) is 1.36. The molecule has 1 saturated heterocycles. The van der Waals surface area contributed by atoms with Gasteiger partial charge in [-0.3, -0.25) is 19.7 Å². The quantitative estimate of drug-likeness (QED) is 0.360. The molecule has 0 radical (unpaired) electrons. The highest BCUT2D eigenvalue weighted by molar-refractivity contribution is 6.24. The van der Waals surface area contributed by atoms with E-state index in [0.717, 1.165) is 10.5 Å². The lowest BCUT2D eigenvalue weighted by Crippen LogP contribution is -2.33. The number of ether oxygens (including phenoxy) is 1. The molecule has 2 amide bonds. The molecule has 7 heteroatoms. The molecule has 2 aliphatic carbocycles. The number of non-ortho nitro benzene ring substituents is 1. The van der Waals surface area contributed by atoms with Gasteiger partial charge in [0.15, 0.2) is 0 Å². The third-order valence-electron chi connectivity index (χ3n) is 5.61. The van der Waals surface area contributed by atoms with E-state index < -0.39 is 16.8 Å². The van der Waals surface area contributed by atoms with Gasteiger partial charge in [-0.25, -0.2) is 4.90 Å². The molecule has 1 heterocycles. The molecule has 1 aromatic carbocycles. The van der Waals surface area contributed by atoms with E-state index in [0.29, 0.717) is 0 Å². The monoisotopic (exact) mass is 354 g/mol. The summed E-state index contributed by atoms with van der Waals surface area (Å²) in [5, 5.41) is 11.0. The van der Waals surface area contributed by atoms with Gasteiger partial charge in [0.2, 0.25) is 11.8 Å². The Balaban J connectivity index is 1.77. The maximum absolute atomic E-state index is 13.1. The zero-order chi connectivity index (χ0) is 18.7. The summed E-state index contributed by atoms with van der Waals surface area (Å²) in [5.41, 5.74) is 2.44. The van der Waals surface area contributed by atoms with Crippen LogP contribution in [0.2, 0.25) is 0 Å². The minimum absolute atomic E-state index is 0.0412. The van der Waals surface area contributed by atoms with Crippen molar-refractivity contribution in [3.8, 4) is 5.75 Å². The van der Waals surface area contributed by atoms with Crippen LogP contribution in [0.25, 0.3) is 0 Å². The van der Waals surface area contributed by atoms with Gasteiger partial charge < -0.3 is 4.74 Å². The Morgan fingerprint density at radius 3 is 2.15 bits per heavy atom. The number of amides is 2. The summed E-state index contributed by atoms with van der Waals surface area (Å²) in [6, 6.07) is 3.92. The Bertz CT molecular complexity index is 879. The van der Waals surface area contributed by atoms with Gasteiger partial charge in [-0.05, 0) is 19.9 Å². The Kier molecular flexibility index (Phi) is 3.50. The number of carbonyl (C=O) groups excluding carboxylic acids is 2. The lowest BCUT2D eigenvalue weighted by molar-refractivity contribution is -0.384. The summed E-state index contributed by atoms with van der Waals surface area (Å²) in [5.74, 6) is -1.26. The van der Waals surface area contributed by atoms with Crippen LogP contribution < -0.4 is 9.64 Å². The van der Waals surface area contributed by atoms with Crippen molar-refractivity contribution in [3.05, 3.63) is 51.6 Å². The number of benzene rings is 1. The van der Waals surface area contributed by atoms with Crippen LogP contribution in [0, 0.1) is 33.8 Å². The standard InChI is InChI=1S/C19H18N2O5/c1-9(2)15-11-5-6-12(15)17-16(11)18(22)20(19(17)23)13-7-4-10(21(24)25)8-14(13)26-3/h4-8,11-12,16-17H,1-3H3/t11-,12+,16-,17-/m1/s1. The second-order valence-electron chi connectivity index (χ2n) is 7.07. The van der Waals surface area contributed by atoms with Gasteiger partial charge in [0.05, 0.1) is 35.6 Å². The molecule has 1 saturated carbocycles. The van der Waals surface area contributed by atoms with E-state index in [2.05, 4.69) is 0 Å². The number of anilines is 1. The van der Waals surface area contributed by atoms with E-state index >= 15 is 0 Å². The molecule has 0 aromatic heterocycles. The molecule has 26 heavy (non-hydrogen) atoms. The highest BCUT2D eigenvalue weighted by Crippen LogP contribution is 2.57. The van der Waals surface area contributed by atoms with Crippen molar-refractivity contribution in [1.82, 2.24) is 0 Å². The van der Waals surface area contributed by atoms with Crippen molar-refractivity contribution in [1.29, 1.82) is 0 Å². The first kappa shape index (κ1) is 16.5. The lowest BCUT2D eigenvalue weighted by atomic mass is 9.85. The third-order valence-corrected chi connectivity index (χ3v) is 5.61. The average Bonchev–Trinajstić information content (AvgIpc) is 3.24. The highest BCUT2D eigenvalue weighted by Gasteiger charge is 2.62. The summed E-state index contributed by atoms with van der Waals surface area (Å²) in [4.78, 5) is 37.8. The highest BCUT2D eigenvalue weighted by atomic mass is 16.6. The Hall–Kier alpha value is -2.96. The largest absolute Gasteiger partial charge is 0.494 e. The molecule has 3 aliphatic rings. The maximum Gasteiger partial charge on any atom is 0.273 e. The number of nitrogens with zero attached hydrogens (tertiary/aromatic N) is 2. The van der Waals surface area contributed by atoms with Gasteiger partial charge in [-0.2, -0.15) is 0 Å². The van der Waals surface area contributed by atoms with Crippen molar-refractivity contribution in [2.24, 2.45) is 23.7 Å². The number of methoxy groups -OCH3 is 1. The second kappa shape index (κ2) is 5.52. The van der Waals surface area contributed by atoms with E-state index in [9.17, 15) is 19.7 Å². The number of hydrogen-bond donors (Lipinski definition) is 0. The lowest BCUT2D eigenvalue weighted by Gasteiger charge is -2.21. The summed E-state index contributed by atoms with van der Waals surface area (Å²) in [6.45, 7) is 4.02. The predicted octanol–water partition coefficient (Wildman–Crippen LogP) is 2.86. The number of allylic oxidation sites excluding steroid dienone is 4. The van der Waals surface area contributed by atoms with Gasteiger partial charge in [-0.1, -0.05) is 23.3 Å². The fraction of sp³-hybridized carbons (Fsp3) is 0.368. The number of carbonyl (C=O) groups is 2. The molecule has 0 spiro atoms. The van der Waals surface area contributed by atoms with Crippen LogP contribution in [0.5, 0.6) is 5.75 Å². The van der Waals surface area contributed by atoms with Crippen LogP contribution in [0.3, 0.4) is 0 Å². The summed E-state index contributed by atoms with van der Waals surface area (Å²) >= 11 is 0. The number of fused-ring (bicyclic) bond motifs is 5. The molecule has 4 rings (SSSR count). The maximum atomic E-state index is 13.1. The molecular weight excluding hydrogens is 336 g/mol. The molecule has 7 nitrogen and oxygen atoms in total. The minimum atomic E-state index is -0.542. The van der Waals surface area contributed by atoms with Crippen LogP contribution in [0.4, 0.5) is 11.4 Å². The van der Waals surface area contributed by atoms with Gasteiger partial charge >= 0.3 is 0 Å². The molecule has 1 aliphatic heterocycles. The molecular formula is C19H18N2O5. The van der Waals surface area contributed by atoms with E-state index in [-0.39, 0.29) is 40.8 Å². The predicted molar refractivity (Wildman–Crippen MR) is 93.6 cm³/mol. The van der Waals surface area contributed by atoms with E-state index in [1.165, 1.54) is 30.9 Å². The first-order valence-corrected chi connectivity index (χ1v) is 8.42. The van der Waals surface area contributed by atoms with Crippen LogP contribution in [0.1, 0.15) is 13.8 Å². The van der Waals surface area contributed by atoms with Crippen molar-refractivity contribution in [2.75, 3.05) is 12.0 Å². The van der Waals surface area contributed by atoms with Crippen molar-refractivity contribution in [3.63, 3.8) is 0 Å². The average molecular weight is 354 g/mol. The van der Waals surface area contributed by atoms with Gasteiger partial charge in [0, 0.05) is 17.9 Å². The molecule has 134 valence electrons. The normalized spacial score (nSPS) is 28.7. The second-order valence-corrected chi connectivity index (χ2v) is 7.07. The zero-order valence-electron chi connectivity index (χ0n) is 14.6. The third kappa shape index (κ3) is 2.00. The van der Waals surface area contributed by atoms with Gasteiger partial charge in [0.1, 0.15) is 5.75 Å². The number of nitro benzene ring substituents is 1. The first-order chi connectivity index (χ1) is 12.4. The van der Waals surface area contributed by atoms with Crippen LogP contribution in [-0.4, -0.2) is 23.8 Å². The fourth-order valence-electron chi connectivity index (χ4n) is 4.63. The van der Waals surface area contributed by atoms with Gasteiger partial charge in [-0.15, -0.1) is 0 Å². The SMILES string of the molecule is COc1cc([N+](=O)[O-])ccc1N1C(=O)[C@H]2[C@H](C1=O)[C@H]1C=C[C@@H]2C1=C(C)C. The molecule has 2 bridgehead atoms. The molecule has 0 N–H and O–H groups in total. The fourth-order valence-corrected chi connectivity index (χ4v) is 4.63. The molecule has 1 aromatic rings. The van der Waals surface area contributed by atoms with Crippen LogP contribution >= 0.6 is 0 Å². The zero-order valence-corrected chi connectivity index (χ0v) is 14.6. The summed E-state index contributed by atoms with van der Waals surface area (Å²) in [6.07, 6.45) is 4.05. The van der Waals surface area contributed by atoms with E-state index in [1.54, 1.807) is 0 Å². The van der Waals surface area contributed by atoms with Gasteiger partial charge in [0.25, 0.3) is 5.69 Å².